The Labute approximate surface area is 145 Å². The normalized spacial score (nSPS) is 14.0. The molecule has 1 aromatic rings. The van der Waals surface area contributed by atoms with E-state index in [4.69, 9.17) is 11.6 Å². The summed E-state index contributed by atoms with van der Waals surface area (Å²) < 4.78 is 0. The third-order valence-electron chi connectivity index (χ3n) is 4.17. The predicted octanol–water partition coefficient (Wildman–Crippen LogP) is 5.54. The van der Waals surface area contributed by atoms with Crippen molar-refractivity contribution in [1.29, 1.82) is 5.26 Å². The molecular formula is C20H28ClNO. The van der Waals surface area contributed by atoms with Crippen molar-refractivity contribution in [3.63, 3.8) is 0 Å². The van der Waals surface area contributed by atoms with Crippen molar-refractivity contribution in [1.82, 2.24) is 0 Å². The highest BCUT2D eigenvalue weighted by atomic mass is 35.5. The highest BCUT2D eigenvalue weighted by molar-refractivity contribution is 6.17. The number of ketones is 1. The third-order valence-corrected chi connectivity index (χ3v) is 4.43. The number of benzene rings is 1. The number of alkyl halides is 1. The lowest BCUT2D eigenvalue weighted by Crippen LogP contribution is -2.40. The fraction of sp³-hybridized carbons (Fsp3) is 0.600. The summed E-state index contributed by atoms with van der Waals surface area (Å²) in [4.78, 5) is 13.0. The van der Waals surface area contributed by atoms with E-state index in [1.165, 1.54) is 0 Å². The van der Waals surface area contributed by atoms with Crippen LogP contribution in [-0.2, 0) is 11.2 Å². The van der Waals surface area contributed by atoms with Crippen LogP contribution in [0.25, 0.3) is 0 Å². The molecule has 1 atom stereocenters. The molecule has 0 saturated heterocycles. The maximum absolute atomic E-state index is 13.0. The number of carbonyl (C=O) groups excluding carboxylic acids is 1. The van der Waals surface area contributed by atoms with E-state index in [1.54, 1.807) is 0 Å². The van der Waals surface area contributed by atoms with E-state index in [0.717, 1.165) is 31.2 Å². The van der Waals surface area contributed by atoms with E-state index >= 15 is 0 Å². The molecule has 126 valence electrons. The number of unbranched alkanes of at least 4 members (excludes halogenated alkanes) is 3. The lowest BCUT2D eigenvalue weighted by Gasteiger charge is -2.32. The second-order valence-corrected chi connectivity index (χ2v) is 7.67. The quantitative estimate of drug-likeness (QED) is 0.439. The lowest BCUT2D eigenvalue weighted by molar-refractivity contribution is -0.134. The molecule has 0 aliphatic heterocycles. The van der Waals surface area contributed by atoms with Crippen molar-refractivity contribution in [2.45, 2.75) is 59.3 Å². The Kier molecular flexibility index (Phi) is 7.79. The van der Waals surface area contributed by atoms with Crippen LogP contribution in [0.15, 0.2) is 30.3 Å². The maximum Gasteiger partial charge on any atom is 0.158 e. The molecule has 0 aromatic heterocycles. The minimum absolute atomic E-state index is 0.0497. The molecule has 1 unspecified atom stereocenters. The van der Waals surface area contributed by atoms with Gasteiger partial charge in [0.25, 0.3) is 0 Å². The molecule has 0 bridgehead atoms. The molecule has 0 aliphatic carbocycles. The SMILES string of the molecule is CC(C)(C)C(=O)C(C#N)(CCCCCCCl)Cc1ccccc1. The Morgan fingerprint density at radius 1 is 1.09 bits per heavy atom. The van der Waals surface area contributed by atoms with Crippen molar-refractivity contribution in [3.05, 3.63) is 35.9 Å². The van der Waals surface area contributed by atoms with Gasteiger partial charge in [-0.3, -0.25) is 4.79 Å². The minimum Gasteiger partial charge on any atom is -0.297 e. The first-order valence-corrected chi connectivity index (χ1v) is 8.95. The van der Waals surface area contributed by atoms with E-state index in [0.29, 0.717) is 18.7 Å². The fourth-order valence-corrected chi connectivity index (χ4v) is 3.15. The molecule has 0 amide bonds. The van der Waals surface area contributed by atoms with E-state index in [9.17, 15) is 10.1 Å². The molecule has 2 nitrogen and oxygen atoms in total. The molecule has 1 rings (SSSR count). The summed E-state index contributed by atoms with van der Waals surface area (Å²) in [7, 11) is 0. The average molecular weight is 334 g/mol. The topological polar surface area (TPSA) is 40.9 Å². The predicted molar refractivity (Wildman–Crippen MR) is 96.5 cm³/mol. The van der Waals surface area contributed by atoms with Crippen LogP contribution in [0.2, 0.25) is 0 Å². The average Bonchev–Trinajstić information content (AvgIpc) is 2.53. The first-order chi connectivity index (χ1) is 10.9. The summed E-state index contributed by atoms with van der Waals surface area (Å²) in [6.45, 7) is 5.71. The summed E-state index contributed by atoms with van der Waals surface area (Å²) in [6, 6.07) is 12.2. The van der Waals surface area contributed by atoms with Crippen LogP contribution in [0.4, 0.5) is 0 Å². The van der Waals surface area contributed by atoms with Gasteiger partial charge in [0, 0.05) is 11.3 Å². The molecule has 3 heteroatoms. The second-order valence-electron chi connectivity index (χ2n) is 7.29. The first-order valence-electron chi connectivity index (χ1n) is 8.42. The summed E-state index contributed by atoms with van der Waals surface area (Å²) >= 11 is 5.71. The van der Waals surface area contributed by atoms with Crippen molar-refractivity contribution in [3.8, 4) is 6.07 Å². The molecule has 0 heterocycles. The first kappa shape index (κ1) is 19.7. The molecule has 0 aliphatic rings. The molecular weight excluding hydrogens is 306 g/mol. The van der Waals surface area contributed by atoms with Crippen LogP contribution in [0.5, 0.6) is 0 Å². The van der Waals surface area contributed by atoms with Gasteiger partial charge >= 0.3 is 0 Å². The number of nitriles is 1. The maximum atomic E-state index is 13.0. The van der Waals surface area contributed by atoms with Crippen LogP contribution >= 0.6 is 11.6 Å². The fourth-order valence-electron chi connectivity index (χ4n) is 2.97. The number of rotatable bonds is 9. The Bertz CT molecular complexity index is 527. The summed E-state index contributed by atoms with van der Waals surface area (Å²) in [5.41, 5.74) is -0.395. The Morgan fingerprint density at radius 3 is 2.22 bits per heavy atom. The third kappa shape index (κ3) is 5.99. The largest absolute Gasteiger partial charge is 0.297 e. The van der Waals surface area contributed by atoms with Crippen molar-refractivity contribution in [2.75, 3.05) is 5.88 Å². The zero-order valence-electron chi connectivity index (χ0n) is 14.6. The van der Waals surface area contributed by atoms with E-state index in [1.807, 2.05) is 51.1 Å². The molecule has 0 radical (unpaired) electrons. The van der Waals surface area contributed by atoms with Crippen molar-refractivity contribution < 1.29 is 4.79 Å². The van der Waals surface area contributed by atoms with Crippen LogP contribution in [0, 0.1) is 22.2 Å². The van der Waals surface area contributed by atoms with Gasteiger partial charge < -0.3 is 0 Å². The zero-order chi connectivity index (χ0) is 17.3. The zero-order valence-corrected chi connectivity index (χ0v) is 15.3. The Morgan fingerprint density at radius 2 is 1.70 bits per heavy atom. The van der Waals surface area contributed by atoms with Crippen molar-refractivity contribution >= 4 is 17.4 Å². The molecule has 0 fully saturated rings. The van der Waals surface area contributed by atoms with Crippen molar-refractivity contribution in [2.24, 2.45) is 10.8 Å². The number of hydrogen-bond acceptors (Lipinski definition) is 2. The number of carbonyl (C=O) groups is 1. The van der Waals surface area contributed by atoms with E-state index in [2.05, 4.69) is 6.07 Å². The standard InChI is InChI=1S/C20H28ClNO/c1-19(2,3)18(23)20(16-22,13-9-4-5-10-14-21)15-17-11-7-6-8-12-17/h6-8,11-12H,4-5,9-10,13-15H2,1-3H3. The van der Waals surface area contributed by atoms with Gasteiger partial charge in [-0.1, -0.05) is 70.4 Å². The molecule has 0 saturated carbocycles. The van der Waals surface area contributed by atoms with Gasteiger partial charge in [0.05, 0.1) is 6.07 Å². The van der Waals surface area contributed by atoms with Crippen LogP contribution < -0.4 is 0 Å². The number of nitrogens with zero attached hydrogens (tertiary/aromatic N) is 1. The van der Waals surface area contributed by atoms with E-state index in [-0.39, 0.29) is 5.78 Å². The molecule has 0 N–H and O–H groups in total. The van der Waals surface area contributed by atoms with Gasteiger partial charge in [0.2, 0.25) is 0 Å². The molecule has 0 spiro atoms. The van der Waals surface area contributed by atoms with Gasteiger partial charge in [0.15, 0.2) is 5.78 Å². The van der Waals surface area contributed by atoms with Crippen LogP contribution in [0.3, 0.4) is 0 Å². The van der Waals surface area contributed by atoms with E-state index < -0.39 is 10.8 Å². The summed E-state index contributed by atoms with van der Waals surface area (Å²) in [6.07, 6.45) is 5.07. The van der Waals surface area contributed by atoms with Gasteiger partial charge in [-0.25, -0.2) is 0 Å². The van der Waals surface area contributed by atoms with Crippen LogP contribution in [-0.4, -0.2) is 11.7 Å². The summed E-state index contributed by atoms with van der Waals surface area (Å²) in [5.74, 6) is 0.725. The summed E-state index contributed by atoms with van der Waals surface area (Å²) in [5, 5.41) is 9.88. The van der Waals surface area contributed by atoms with Gasteiger partial charge in [0.1, 0.15) is 5.41 Å². The van der Waals surface area contributed by atoms with Crippen LogP contribution in [0.1, 0.15) is 58.4 Å². The van der Waals surface area contributed by atoms with Gasteiger partial charge in [-0.15, -0.1) is 11.6 Å². The highest BCUT2D eigenvalue weighted by Crippen LogP contribution is 2.37. The monoisotopic (exact) mass is 333 g/mol. The Balaban J connectivity index is 2.93. The lowest BCUT2D eigenvalue weighted by atomic mass is 9.67. The minimum atomic E-state index is -0.930. The molecule has 23 heavy (non-hydrogen) atoms. The highest BCUT2D eigenvalue weighted by Gasteiger charge is 2.43. The number of hydrogen-bond donors (Lipinski definition) is 0. The molecule has 1 aromatic carbocycles. The Hall–Kier alpha value is -1.33. The number of Topliss-reactive ketones (excluding diaryl/α,β-unsaturated/α-hetero) is 1. The smallest absolute Gasteiger partial charge is 0.158 e. The van der Waals surface area contributed by atoms with Gasteiger partial charge in [-0.05, 0) is 24.8 Å². The second kappa shape index (κ2) is 9.08. The number of halogens is 1. The van der Waals surface area contributed by atoms with Gasteiger partial charge in [-0.2, -0.15) is 5.26 Å².